The molecular formula is C10H16N2O4. The number of amides is 2. The number of aliphatic carboxylic acids is 1. The van der Waals surface area contributed by atoms with Crippen LogP contribution in [0.2, 0.25) is 0 Å². The molecule has 0 aromatic heterocycles. The summed E-state index contributed by atoms with van der Waals surface area (Å²) in [6.07, 6.45) is 1.40. The molecule has 0 aromatic carbocycles. The minimum absolute atomic E-state index is 0.156. The first kappa shape index (κ1) is 12.5. The number of hydrogen-bond donors (Lipinski definition) is 2. The van der Waals surface area contributed by atoms with Crippen LogP contribution in [0, 0.1) is 0 Å². The van der Waals surface area contributed by atoms with Gasteiger partial charge in [-0.15, -0.1) is 0 Å². The van der Waals surface area contributed by atoms with Gasteiger partial charge < -0.3 is 15.3 Å². The molecule has 90 valence electrons. The van der Waals surface area contributed by atoms with Gasteiger partial charge in [-0.2, -0.15) is 0 Å². The number of rotatable bonds is 4. The maximum atomic E-state index is 11.7. The predicted octanol–water partition coefficient (Wildman–Crippen LogP) is -0.412. The second-order valence-electron chi connectivity index (χ2n) is 3.82. The first-order chi connectivity index (χ1) is 7.52. The van der Waals surface area contributed by atoms with Crippen LogP contribution in [0.1, 0.15) is 26.2 Å². The van der Waals surface area contributed by atoms with Crippen molar-refractivity contribution in [2.75, 3.05) is 13.1 Å². The summed E-state index contributed by atoms with van der Waals surface area (Å²) in [6.45, 7) is 2.13. The molecule has 0 saturated carbocycles. The van der Waals surface area contributed by atoms with Crippen LogP contribution in [0.4, 0.5) is 0 Å². The highest BCUT2D eigenvalue weighted by atomic mass is 16.4. The van der Waals surface area contributed by atoms with E-state index >= 15 is 0 Å². The summed E-state index contributed by atoms with van der Waals surface area (Å²) >= 11 is 0. The van der Waals surface area contributed by atoms with E-state index in [4.69, 9.17) is 5.11 Å². The minimum atomic E-state index is -0.953. The number of carboxylic acids is 1. The molecule has 1 aliphatic rings. The normalized spacial score (nSPS) is 19.6. The Morgan fingerprint density at radius 3 is 2.69 bits per heavy atom. The molecule has 1 unspecified atom stereocenters. The summed E-state index contributed by atoms with van der Waals surface area (Å²) in [6, 6.07) is -0.690. The standard InChI is InChI=1S/C10H16N2O4/c1-7(13)11-5-4-9(14)12-6-2-3-8(12)10(15)16/h8H,2-6H2,1H3,(H,11,13)(H,15,16). The van der Waals surface area contributed by atoms with Gasteiger partial charge in [0.2, 0.25) is 11.8 Å². The Morgan fingerprint density at radius 1 is 1.44 bits per heavy atom. The number of carboxylic acid groups (broad SMARTS) is 1. The molecule has 6 nitrogen and oxygen atoms in total. The van der Waals surface area contributed by atoms with Crippen LogP contribution >= 0.6 is 0 Å². The smallest absolute Gasteiger partial charge is 0.326 e. The summed E-state index contributed by atoms with van der Waals surface area (Å²) in [5.41, 5.74) is 0. The van der Waals surface area contributed by atoms with Gasteiger partial charge in [-0.1, -0.05) is 0 Å². The lowest BCUT2D eigenvalue weighted by Gasteiger charge is -2.21. The van der Waals surface area contributed by atoms with Crippen LogP contribution in [0.5, 0.6) is 0 Å². The number of likely N-dealkylation sites (tertiary alicyclic amines) is 1. The van der Waals surface area contributed by atoms with E-state index in [2.05, 4.69) is 5.32 Å². The van der Waals surface area contributed by atoms with Gasteiger partial charge in [0, 0.05) is 26.4 Å². The number of nitrogens with one attached hydrogen (secondary N) is 1. The van der Waals surface area contributed by atoms with Crippen LogP contribution in [-0.2, 0) is 14.4 Å². The maximum Gasteiger partial charge on any atom is 0.326 e. The van der Waals surface area contributed by atoms with E-state index < -0.39 is 12.0 Å². The second-order valence-corrected chi connectivity index (χ2v) is 3.82. The molecule has 6 heteroatoms. The molecule has 1 aliphatic heterocycles. The lowest BCUT2D eigenvalue weighted by Crippen LogP contribution is -2.41. The Bertz CT molecular complexity index is 303. The van der Waals surface area contributed by atoms with Crippen LogP contribution in [-0.4, -0.2) is 46.9 Å². The Kier molecular flexibility index (Phi) is 4.28. The highest BCUT2D eigenvalue weighted by Crippen LogP contribution is 2.18. The van der Waals surface area contributed by atoms with Crippen LogP contribution in [0.25, 0.3) is 0 Å². The molecular weight excluding hydrogens is 212 g/mol. The van der Waals surface area contributed by atoms with E-state index in [0.717, 1.165) is 6.42 Å². The van der Waals surface area contributed by atoms with Crippen molar-refractivity contribution in [1.29, 1.82) is 0 Å². The fourth-order valence-corrected chi connectivity index (χ4v) is 1.81. The molecule has 0 aliphatic carbocycles. The summed E-state index contributed by atoms with van der Waals surface area (Å²) in [4.78, 5) is 34.5. The van der Waals surface area contributed by atoms with Crippen LogP contribution in [0.15, 0.2) is 0 Å². The Hall–Kier alpha value is -1.59. The van der Waals surface area contributed by atoms with Crippen molar-refractivity contribution in [3.05, 3.63) is 0 Å². The summed E-state index contributed by atoms with van der Waals surface area (Å²) in [5, 5.41) is 11.4. The van der Waals surface area contributed by atoms with E-state index in [-0.39, 0.29) is 24.8 Å². The summed E-state index contributed by atoms with van der Waals surface area (Å²) in [7, 11) is 0. The molecule has 16 heavy (non-hydrogen) atoms. The number of hydrogen-bond acceptors (Lipinski definition) is 3. The second kappa shape index (κ2) is 5.48. The third kappa shape index (κ3) is 3.22. The first-order valence-corrected chi connectivity index (χ1v) is 5.29. The van der Waals surface area contributed by atoms with Gasteiger partial charge in [0.05, 0.1) is 0 Å². The van der Waals surface area contributed by atoms with Gasteiger partial charge in [0.15, 0.2) is 0 Å². The predicted molar refractivity (Wildman–Crippen MR) is 55.7 cm³/mol. The van der Waals surface area contributed by atoms with Gasteiger partial charge in [-0.05, 0) is 12.8 Å². The Labute approximate surface area is 93.6 Å². The summed E-state index contributed by atoms with van der Waals surface area (Å²) < 4.78 is 0. The van der Waals surface area contributed by atoms with Crippen molar-refractivity contribution in [2.45, 2.75) is 32.2 Å². The third-order valence-corrected chi connectivity index (χ3v) is 2.57. The van der Waals surface area contributed by atoms with Gasteiger partial charge in [-0.3, -0.25) is 9.59 Å². The maximum absolute atomic E-state index is 11.7. The Morgan fingerprint density at radius 2 is 2.12 bits per heavy atom. The average Bonchev–Trinajstić information content (AvgIpc) is 2.65. The first-order valence-electron chi connectivity index (χ1n) is 5.29. The molecule has 1 heterocycles. The lowest BCUT2D eigenvalue weighted by atomic mass is 10.2. The molecule has 0 bridgehead atoms. The van der Waals surface area contributed by atoms with Crippen molar-refractivity contribution in [3.63, 3.8) is 0 Å². The number of carbonyl (C=O) groups is 3. The van der Waals surface area contributed by atoms with Crippen molar-refractivity contribution >= 4 is 17.8 Å². The van der Waals surface area contributed by atoms with E-state index in [1.165, 1.54) is 11.8 Å². The van der Waals surface area contributed by atoms with Crippen LogP contribution < -0.4 is 5.32 Å². The Balaban J connectivity index is 2.41. The molecule has 1 atom stereocenters. The van der Waals surface area contributed by atoms with Gasteiger partial charge in [0.25, 0.3) is 0 Å². The molecule has 2 amide bonds. The zero-order valence-electron chi connectivity index (χ0n) is 9.23. The molecule has 2 N–H and O–H groups in total. The number of carbonyl (C=O) groups excluding carboxylic acids is 2. The monoisotopic (exact) mass is 228 g/mol. The van der Waals surface area contributed by atoms with Crippen molar-refractivity contribution in [2.24, 2.45) is 0 Å². The molecule has 1 fully saturated rings. The highest BCUT2D eigenvalue weighted by molar-refractivity contribution is 5.84. The topological polar surface area (TPSA) is 86.7 Å². The van der Waals surface area contributed by atoms with Crippen molar-refractivity contribution in [3.8, 4) is 0 Å². The van der Waals surface area contributed by atoms with Gasteiger partial charge in [-0.25, -0.2) is 4.79 Å². The highest BCUT2D eigenvalue weighted by Gasteiger charge is 2.33. The lowest BCUT2D eigenvalue weighted by molar-refractivity contribution is -0.148. The molecule has 1 saturated heterocycles. The zero-order chi connectivity index (χ0) is 12.1. The van der Waals surface area contributed by atoms with Gasteiger partial charge in [0.1, 0.15) is 6.04 Å². The average molecular weight is 228 g/mol. The quantitative estimate of drug-likeness (QED) is 0.684. The largest absolute Gasteiger partial charge is 0.480 e. The van der Waals surface area contributed by atoms with E-state index in [0.29, 0.717) is 13.0 Å². The minimum Gasteiger partial charge on any atom is -0.480 e. The van der Waals surface area contributed by atoms with Crippen LogP contribution in [0.3, 0.4) is 0 Å². The molecule has 0 aromatic rings. The zero-order valence-corrected chi connectivity index (χ0v) is 9.23. The third-order valence-electron chi connectivity index (χ3n) is 2.57. The van der Waals surface area contributed by atoms with Crippen molar-refractivity contribution < 1.29 is 19.5 Å². The fraction of sp³-hybridized carbons (Fsp3) is 0.700. The summed E-state index contributed by atoms with van der Waals surface area (Å²) in [5.74, 6) is -1.35. The van der Waals surface area contributed by atoms with E-state index in [1.807, 2.05) is 0 Å². The fourth-order valence-electron chi connectivity index (χ4n) is 1.81. The van der Waals surface area contributed by atoms with Crippen molar-refractivity contribution in [1.82, 2.24) is 10.2 Å². The van der Waals surface area contributed by atoms with Gasteiger partial charge >= 0.3 is 5.97 Å². The molecule has 1 rings (SSSR count). The SMILES string of the molecule is CC(=O)NCCC(=O)N1CCCC1C(=O)O. The molecule has 0 spiro atoms. The number of nitrogens with zero attached hydrogens (tertiary/aromatic N) is 1. The van der Waals surface area contributed by atoms with E-state index in [9.17, 15) is 14.4 Å². The van der Waals surface area contributed by atoms with E-state index in [1.54, 1.807) is 0 Å². The molecule has 0 radical (unpaired) electrons.